The normalized spacial score (nSPS) is 17.2. The van der Waals surface area contributed by atoms with Crippen molar-refractivity contribution < 1.29 is 27.1 Å². The van der Waals surface area contributed by atoms with Crippen LogP contribution in [0.25, 0.3) is 0 Å². The average Bonchev–Trinajstić information content (AvgIpc) is 3.03. The van der Waals surface area contributed by atoms with Crippen LogP contribution in [0.2, 0.25) is 0 Å². The van der Waals surface area contributed by atoms with Gasteiger partial charge in [-0.2, -0.15) is 4.72 Å². The minimum absolute atomic E-state index is 0.0399. The van der Waals surface area contributed by atoms with Crippen LogP contribution in [0.5, 0.6) is 0 Å². The minimum Gasteiger partial charge on any atom is -0.480 e. The van der Waals surface area contributed by atoms with Gasteiger partial charge in [0.15, 0.2) is 0 Å². The summed E-state index contributed by atoms with van der Waals surface area (Å²) in [6.07, 6.45) is 0.284. The van der Waals surface area contributed by atoms with Crippen molar-refractivity contribution in [3.63, 3.8) is 0 Å². The van der Waals surface area contributed by atoms with Crippen molar-refractivity contribution in [3.05, 3.63) is 29.3 Å². The summed E-state index contributed by atoms with van der Waals surface area (Å²) in [5, 5.41) is 8.90. The number of carboxylic acid groups (broad SMARTS) is 1. The van der Waals surface area contributed by atoms with E-state index < -0.39 is 38.1 Å². The van der Waals surface area contributed by atoms with Gasteiger partial charge in [-0.15, -0.1) is 0 Å². The van der Waals surface area contributed by atoms with Crippen LogP contribution in [0.3, 0.4) is 0 Å². The summed E-state index contributed by atoms with van der Waals surface area (Å²) in [7, 11) is -4.34. The summed E-state index contributed by atoms with van der Waals surface area (Å²) >= 11 is 0. The van der Waals surface area contributed by atoms with Crippen molar-refractivity contribution in [2.75, 3.05) is 0 Å². The number of aliphatic carboxylic acids is 1. The molecule has 2 rings (SSSR count). The maximum absolute atomic E-state index is 13.5. The van der Waals surface area contributed by atoms with Crippen LogP contribution >= 0.6 is 0 Å². The number of nitrogens with one attached hydrogen (secondary N) is 1. The SMILES string of the molecule is Cc1cc(S(=O)(=O)NC2(C(=O)O)CC2)c(F)cc1F. The second-order valence-corrected chi connectivity index (χ2v) is 6.18. The van der Waals surface area contributed by atoms with E-state index in [2.05, 4.69) is 0 Å². The zero-order valence-corrected chi connectivity index (χ0v) is 10.7. The summed E-state index contributed by atoms with van der Waals surface area (Å²) in [5.74, 6) is -3.43. The van der Waals surface area contributed by atoms with Crippen molar-refractivity contribution in [1.29, 1.82) is 0 Å². The number of hydrogen-bond donors (Lipinski definition) is 2. The van der Waals surface area contributed by atoms with Crippen molar-refractivity contribution in [2.45, 2.75) is 30.2 Å². The summed E-state index contributed by atoms with van der Waals surface area (Å²) in [5.41, 5.74) is -1.60. The molecule has 0 amide bonds. The van der Waals surface area contributed by atoms with E-state index in [0.29, 0.717) is 6.07 Å². The molecular formula is C11H11F2NO4S. The van der Waals surface area contributed by atoms with E-state index >= 15 is 0 Å². The predicted molar refractivity (Wildman–Crippen MR) is 61.0 cm³/mol. The Labute approximate surface area is 108 Å². The number of aryl methyl sites for hydroxylation is 1. The van der Waals surface area contributed by atoms with E-state index in [9.17, 15) is 22.0 Å². The van der Waals surface area contributed by atoms with Crippen LogP contribution in [0.1, 0.15) is 18.4 Å². The molecule has 1 aliphatic carbocycles. The third-order valence-corrected chi connectivity index (χ3v) is 4.54. The second kappa shape index (κ2) is 4.24. The van der Waals surface area contributed by atoms with Crippen LogP contribution in [-0.2, 0) is 14.8 Å². The van der Waals surface area contributed by atoms with Crippen LogP contribution in [0.4, 0.5) is 8.78 Å². The van der Waals surface area contributed by atoms with E-state index in [0.717, 1.165) is 6.07 Å². The highest BCUT2D eigenvalue weighted by Gasteiger charge is 2.53. The third-order valence-electron chi connectivity index (χ3n) is 2.99. The molecule has 0 radical (unpaired) electrons. The van der Waals surface area contributed by atoms with Gasteiger partial charge in [-0.3, -0.25) is 4.79 Å². The number of hydrogen-bond acceptors (Lipinski definition) is 3. The Hall–Kier alpha value is -1.54. The number of carbonyl (C=O) groups is 1. The van der Waals surface area contributed by atoms with Gasteiger partial charge in [0.25, 0.3) is 0 Å². The van der Waals surface area contributed by atoms with Gasteiger partial charge in [-0.1, -0.05) is 0 Å². The van der Waals surface area contributed by atoms with Gasteiger partial charge < -0.3 is 5.11 Å². The number of benzene rings is 1. The van der Waals surface area contributed by atoms with E-state index in [-0.39, 0.29) is 18.4 Å². The Kier molecular flexibility index (Phi) is 3.10. The van der Waals surface area contributed by atoms with E-state index in [1.807, 2.05) is 4.72 Å². The fourth-order valence-corrected chi connectivity index (χ4v) is 3.20. The van der Waals surface area contributed by atoms with Crippen molar-refractivity contribution in [3.8, 4) is 0 Å². The largest absolute Gasteiger partial charge is 0.480 e. The second-order valence-electron chi connectivity index (χ2n) is 4.52. The van der Waals surface area contributed by atoms with Gasteiger partial charge in [0.1, 0.15) is 22.1 Å². The van der Waals surface area contributed by atoms with E-state index in [1.165, 1.54) is 6.92 Å². The lowest BCUT2D eigenvalue weighted by atomic mass is 10.2. The number of rotatable bonds is 4. The molecule has 1 fully saturated rings. The molecule has 1 aliphatic rings. The van der Waals surface area contributed by atoms with Gasteiger partial charge in [0.05, 0.1) is 0 Å². The molecule has 0 unspecified atom stereocenters. The first-order chi connectivity index (χ1) is 8.68. The number of halogens is 2. The molecule has 1 aromatic rings. The van der Waals surface area contributed by atoms with Gasteiger partial charge in [-0.05, 0) is 31.4 Å². The average molecular weight is 291 g/mol. The molecule has 0 heterocycles. The Bertz CT molecular complexity index is 653. The number of carboxylic acids is 1. The fourth-order valence-electron chi connectivity index (χ4n) is 1.63. The first-order valence-electron chi connectivity index (χ1n) is 5.41. The van der Waals surface area contributed by atoms with Gasteiger partial charge in [-0.25, -0.2) is 17.2 Å². The quantitative estimate of drug-likeness (QED) is 0.872. The van der Waals surface area contributed by atoms with Crippen LogP contribution in [0.15, 0.2) is 17.0 Å². The molecule has 0 spiro atoms. The summed E-state index contributed by atoms with van der Waals surface area (Å²) in [6.45, 7) is 1.29. The highest BCUT2D eigenvalue weighted by atomic mass is 32.2. The Morgan fingerprint density at radius 3 is 2.37 bits per heavy atom. The molecule has 19 heavy (non-hydrogen) atoms. The summed E-state index contributed by atoms with van der Waals surface area (Å²) < 4.78 is 52.4. The summed E-state index contributed by atoms with van der Waals surface area (Å²) in [6, 6.07) is 1.30. The maximum Gasteiger partial charge on any atom is 0.324 e. The van der Waals surface area contributed by atoms with E-state index in [1.54, 1.807) is 0 Å². The lowest BCUT2D eigenvalue weighted by Crippen LogP contribution is -2.43. The Morgan fingerprint density at radius 1 is 1.32 bits per heavy atom. The Balaban J connectivity index is 2.41. The Morgan fingerprint density at radius 2 is 1.89 bits per heavy atom. The lowest BCUT2D eigenvalue weighted by molar-refractivity contribution is -0.140. The maximum atomic E-state index is 13.5. The van der Waals surface area contributed by atoms with Crippen molar-refractivity contribution in [1.82, 2.24) is 4.72 Å². The molecule has 0 bridgehead atoms. The molecule has 5 nitrogen and oxygen atoms in total. The van der Waals surface area contributed by atoms with Crippen LogP contribution in [-0.4, -0.2) is 25.0 Å². The topological polar surface area (TPSA) is 83.5 Å². The standard InChI is InChI=1S/C11H11F2NO4S/c1-6-4-9(8(13)5-7(6)12)19(17,18)14-11(2-3-11)10(15)16/h4-5,14H,2-3H2,1H3,(H,15,16). The smallest absolute Gasteiger partial charge is 0.324 e. The first-order valence-corrected chi connectivity index (χ1v) is 6.89. The van der Waals surface area contributed by atoms with E-state index in [4.69, 9.17) is 5.11 Å². The molecule has 0 aromatic heterocycles. The molecule has 0 saturated heterocycles. The fraction of sp³-hybridized carbons (Fsp3) is 0.364. The molecule has 1 saturated carbocycles. The van der Waals surface area contributed by atoms with Gasteiger partial charge >= 0.3 is 5.97 Å². The van der Waals surface area contributed by atoms with Crippen LogP contribution < -0.4 is 4.72 Å². The number of sulfonamides is 1. The van der Waals surface area contributed by atoms with Crippen LogP contribution in [0, 0.1) is 18.6 Å². The van der Waals surface area contributed by atoms with Crippen molar-refractivity contribution >= 4 is 16.0 Å². The zero-order valence-electron chi connectivity index (χ0n) is 9.91. The first kappa shape index (κ1) is 13.9. The molecule has 1 aromatic carbocycles. The monoisotopic (exact) mass is 291 g/mol. The molecule has 0 atom stereocenters. The molecular weight excluding hydrogens is 280 g/mol. The lowest BCUT2D eigenvalue weighted by Gasteiger charge is -2.14. The zero-order chi connectivity index (χ0) is 14.4. The molecule has 0 aliphatic heterocycles. The van der Waals surface area contributed by atoms with Gasteiger partial charge in [0, 0.05) is 6.07 Å². The third kappa shape index (κ3) is 2.45. The molecule has 8 heteroatoms. The molecule has 104 valence electrons. The van der Waals surface area contributed by atoms with Gasteiger partial charge in [0.2, 0.25) is 10.0 Å². The minimum atomic E-state index is -4.34. The molecule has 2 N–H and O–H groups in total. The highest BCUT2D eigenvalue weighted by molar-refractivity contribution is 7.89. The highest BCUT2D eigenvalue weighted by Crippen LogP contribution is 2.37. The van der Waals surface area contributed by atoms with Crippen molar-refractivity contribution in [2.24, 2.45) is 0 Å². The summed E-state index contributed by atoms with van der Waals surface area (Å²) in [4.78, 5) is 10.2. The predicted octanol–water partition coefficient (Wildman–Crippen LogP) is 1.17.